The lowest BCUT2D eigenvalue weighted by atomic mass is 9.91. The van der Waals surface area contributed by atoms with E-state index in [1.165, 1.54) is 68.7 Å². The van der Waals surface area contributed by atoms with Crippen LogP contribution >= 0.6 is 11.8 Å². The van der Waals surface area contributed by atoms with Gasteiger partial charge < -0.3 is 15.5 Å². The van der Waals surface area contributed by atoms with Gasteiger partial charge >= 0.3 is 11.9 Å². The molecule has 0 aromatic heterocycles. The van der Waals surface area contributed by atoms with Crippen molar-refractivity contribution in [3.05, 3.63) is 11.6 Å². The Balaban J connectivity index is 4.31. The van der Waals surface area contributed by atoms with Gasteiger partial charge in [-0.2, -0.15) is 0 Å². The molecule has 3 unspecified atom stereocenters. The number of aliphatic carboxylic acids is 1. The van der Waals surface area contributed by atoms with Crippen molar-refractivity contribution >= 4 is 29.6 Å². The van der Waals surface area contributed by atoms with E-state index in [0.717, 1.165) is 24.2 Å². The van der Waals surface area contributed by atoms with E-state index >= 15 is 0 Å². The minimum Gasteiger partial charge on any atom is -0.565 e. The van der Waals surface area contributed by atoms with Crippen LogP contribution in [-0.2, 0) is 14.4 Å². The summed E-state index contributed by atoms with van der Waals surface area (Å²) in [7, 11) is 0. The van der Waals surface area contributed by atoms with E-state index in [0.29, 0.717) is 5.75 Å². The molecule has 0 aromatic rings. The molecule has 3 atom stereocenters. The molecule has 210 valence electrons. The van der Waals surface area contributed by atoms with E-state index < -0.39 is 28.6 Å². The van der Waals surface area contributed by atoms with Crippen molar-refractivity contribution in [2.24, 2.45) is 17.8 Å². The van der Waals surface area contributed by atoms with Gasteiger partial charge in [-0.05, 0) is 51.4 Å². The maximum Gasteiger partial charge on any atom is 0.516 e. The van der Waals surface area contributed by atoms with Gasteiger partial charge in [0.05, 0.1) is 0 Å². The lowest BCUT2D eigenvalue weighted by Crippen LogP contribution is -2.52. The second kappa shape index (κ2) is 18.7. The summed E-state index contributed by atoms with van der Waals surface area (Å²) < 4.78 is -0.719. The highest BCUT2D eigenvalue weighted by Crippen LogP contribution is 2.29. The summed E-state index contributed by atoms with van der Waals surface area (Å²) in [4.78, 5) is 34.5. The van der Waals surface area contributed by atoms with Crippen LogP contribution < -0.4 is 5.32 Å². The molecule has 7 heteroatoms. The number of nitrogens with one attached hydrogen (secondary N) is 1. The second-order valence-corrected chi connectivity index (χ2v) is 13.3. The highest BCUT2D eigenvalue weighted by Gasteiger charge is 2.36. The standard InChI is InChI=1S/C29H53NO5S/c1-21(2)11-8-12-22(3)13-9-14-23(4)15-10-16-24(5)19-20-36-29(6,7)27(28(34)35)30-25(31)17-18-26(32)33/h19,21-23,27H,8-18,20H2,1-7H3,(H,30,31)(H,32,33)(H,34,35)/p+1/b24-19+. The summed E-state index contributed by atoms with van der Waals surface area (Å²) in [6, 6.07) is -1.07. The molecule has 0 saturated heterocycles. The van der Waals surface area contributed by atoms with Crippen molar-refractivity contribution in [1.82, 2.24) is 5.32 Å². The molecule has 0 aliphatic heterocycles. The normalized spacial score (nSPS) is 14.9. The summed E-state index contributed by atoms with van der Waals surface area (Å²) in [5.74, 6) is 0.628. The zero-order chi connectivity index (χ0) is 27.7. The predicted octanol–water partition coefficient (Wildman–Crippen LogP) is 6.48. The Hall–Kier alpha value is -1.50. The predicted molar refractivity (Wildman–Crippen MR) is 152 cm³/mol. The molecule has 0 spiro atoms. The first-order valence-electron chi connectivity index (χ1n) is 13.8. The number of carbonyl (C=O) groups is 3. The van der Waals surface area contributed by atoms with E-state index in [-0.39, 0.29) is 12.8 Å². The van der Waals surface area contributed by atoms with Gasteiger partial charge in [0, 0.05) is 21.7 Å². The smallest absolute Gasteiger partial charge is 0.516 e. The van der Waals surface area contributed by atoms with Gasteiger partial charge in [0.2, 0.25) is 5.91 Å². The molecule has 0 rings (SSSR count). The van der Waals surface area contributed by atoms with Crippen LogP contribution in [0.25, 0.3) is 0 Å². The molecule has 0 bridgehead atoms. The van der Waals surface area contributed by atoms with Crippen molar-refractivity contribution in [3.63, 3.8) is 0 Å². The average Bonchev–Trinajstić information content (AvgIpc) is 2.75. The van der Waals surface area contributed by atoms with Gasteiger partial charge in [0.25, 0.3) is 0 Å². The molecule has 0 radical (unpaired) electrons. The number of amides is 1. The van der Waals surface area contributed by atoms with E-state index in [4.69, 9.17) is 5.11 Å². The van der Waals surface area contributed by atoms with Crippen molar-refractivity contribution in [3.8, 4) is 0 Å². The zero-order valence-electron chi connectivity index (χ0n) is 24.0. The minimum absolute atomic E-state index is 0.165. The first kappa shape index (κ1) is 34.5. The Bertz CT molecular complexity index is 689. The summed E-state index contributed by atoms with van der Waals surface area (Å²) in [5, 5.41) is 19.0. The average molecular weight is 529 g/mol. The number of carboxylic acids is 1. The number of thioether (sulfide) groups is 1. The lowest BCUT2D eigenvalue weighted by Gasteiger charge is -2.31. The number of hydrogen-bond donors (Lipinski definition) is 2. The maximum absolute atomic E-state index is 12.0. The molecule has 36 heavy (non-hydrogen) atoms. The second-order valence-electron chi connectivity index (χ2n) is 11.6. The van der Waals surface area contributed by atoms with Crippen LogP contribution in [0.5, 0.6) is 0 Å². The molecule has 0 saturated carbocycles. The van der Waals surface area contributed by atoms with E-state index in [2.05, 4.69) is 46.0 Å². The Morgan fingerprint density at radius 2 is 1.42 bits per heavy atom. The first-order valence-corrected chi connectivity index (χ1v) is 14.8. The molecule has 6 nitrogen and oxygen atoms in total. The van der Waals surface area contributed by atoms with Crippen LogP contribution in [0.15, 0.2) is 11.6 Å². The number of carboxylic acid groups (broad SMARTS) is 1. The van der Waals surface area contributed by atoms with Gasteiger partial charge in [-0.3, -0.25) is 4.79 Å². The Kier molecular flexibility index (Phi) is 17.9. The highest BCUT2D eigenvalue weighted by atomic mass is 32.2. The van der Waals surface area contributed by atoms with Gasteiger partial charge in [-0.15, -0.1) is 11.8 Å². The molecule has 1 amide bonds. The lowest BCUT2D eigenvalue weighted by molar-refractivity contribution is -0.142. The van der Waals surface area contributed by atoms with Gasteiger partial charge in [0.1, 0.15) is 12.5 Å². The van der Waals surface area contributed by atoms with Crippen molar-refractivity contribution in [1.29, 1.82) is 0 Å². The van der Waals surface area contributed by atoms with Gasteiger partial charge in [-0.25, -0.2) is 4.79 Å². The Morgan fingerprint density at radius 3 is 1.92 bits per heavy atom. The first-order chi connectivity index (χ1) is 16.7. The zero-order valence-corrected chi connectivity index (χ0v) is 24.8. The van der Waals surface area contributed by atoms with Crippen molar-refractivity contribution in [2.45, 2.75) is 130 Å². The van der Waals surface area contributed by atoms with Gasteiger partial charge in [0.15, 0.2) is 0 Å². The third-order valence-corrected chi connectivity index (χ3v) is 8.17. The molecule has 0 heterocycles. The highest BCUT2D eigenvalue weighted by molar-refractivity contribution is 8.00. The monoisotopic (exact) mass is 528 g/mol. The van der Waals surface area contributed by atoms with Crippen LogP contribution in [0.2, 0.25) is 0 Å². The van der Waals surface area contributed by atoms with E-state index in [9.17, 15) is 19.5 Å². The van der Waals surface area contributed by atoms with Crippen molar-refractivity contribution < 1.29 is 24.6 Å². The van der Waals surface area contributed by atoms with E-state index in [1.54, 1.807) is 0 Å². The summed E-state index contributed by atoms with van der Waals surface area (Å²) in [6.45, 7) is 15.1. The minimum atomic E-state index is -1.10. The number of carbonyl (C=O) groups excluding carboxylic acids is 2. The fourth-order valence-electron chi connectivity index (χ4n) is 4.28. The quantitative estimate of drug-likeness (QED) is 0.131. The third-order valence-electron chi connectivity index (χ3n) is 6.85. The topological polar surface area (TPSA) is 106 Å². The largest absolute Gasteiger partial charge is 0.565 e. The van der Waals surface area contributed by atoms with Crippen LogP contribution in [0.4, 0.5) is 0 Å². The fraction of sp³-hybridized carbons (Fsp3) is 0.828. The van der Waals surface area contributed by atoms with Crippen LogP contribution in [-0.4, -0.2) is 44.6 Å². The van der Waals surface area contributed by atoms with Crippen LogP contribution in [0.3, 0.4) is 0 Å². The Labute approximate surface area is 224 Å². The van der Waals surface area contributed by atoms with Crippen LogP contribution in [0, 0.1) is 17.8 Å². The summed E-state index contributed by atoms with van der Waals surface area (Å²) in [5.41, 5.74) is 1.31. The number of hydrogen-bond acceptors (Lipinski definition) is 4. The fourth-order valence-corrected chi connectivity index (χ4v) is 5.41. The summed E-state index contributed by atoms with van der Waals surface area (Å²) in [6.07, 6.45) is 13.3. The maximum atomic E-state index is 12.0. The molecule has 0 fully saturated rings. The summed E-state index contributed by atoms with van der Waals surface area (Å²) >= 11 is 1.49. The Morgan fingerprint density at radius 1 is 0.889 bits per heavy atom. The number of rotatable bonds is 21. The third kappa shape index (κ3) is 17.9. The number of allylic oxidation sites excluding steroid dienone is 1. The van der Waals surface area contributed by atoms with Crippen LogP contribution in [0.1, 0.15) is 119 Å². The molecule has 0 aliphatic carbocycles. The molecule has 0 aromatic carbocycles. The van der Waals surface area contributed by atoms with Crippen molar-refractivity contribution in [2.75, 3.05) is 5.75 Å². The van der Waals surface area contributed by atoms with E-state index in [1.807, 2.05) is 13.8 Å². The molecular weight excluding hydrogens is 474 g/mol. The molecule has 4 N–H and O–H groups in total. The van der Waals surface area contributed by atoms with Gasteiger partial charge in [-0.1, -0.05) is 84.3 Å². The molecular formula is C29H54NO5S+. The SMILES string of the molecule is C/C(=C\CSC(C)(C)C(NC(=O)CCC(=O)[OH2+])C(=O)O)CCCC(C)CCCC(C)CCCC(C)C. The molecule has 0 aliphatic rings.